The highest BCUT2D eigenvalue weighted by molar-refractivity contribution is 5.81. The fourth-order valence-electron chi connectivity index (χ4n) is 3.06. The fraction of sp³-hybridized carbons (Fsp3) is 0.556. The van der Waals surface area contributed by atoms with Crippen LogP contribution in [0.2, 0.25) is 0 Å². The molecule has 0 bridgehead atoms. The Morgan fingerprint density at radius 1 is 1.29 bits per heavy atom. The van der Waals surface area contributed by atoms with Crippen molar-refractivity contribution < 1.29 is 14.0 Å². The molecule has 2 aliphatic rings. The van der Waals surface area contributed by atoms with Gasteiger partial charge in [0.25, 0.3) is 0 Å². The molecule has 1 aromatic rings. The quantitative estimate of drug-likeness (QED) is 0.890. The van der Waals surface area contributed by atoms with Gasteiger partial charge in [0.05, 0.1) is 12.0 Å². The molecule has 6 heteroatoms. The molecule has 1 aromatic carbocycles. The lowest BCUT2D eigenvalue weighted by Crippen LogP contribution is -2.49. The predicted octanol–water partition coefficient (Wildman–Crippen LogP) is 2.59. The number of rotatable bonds is 4. The third kappa shape index (κ3) is 4.24. The second-order valence-corrected chi connectivity index (χ2v) is 6.79. The van der Waals surface area contributed by atoms with Gasteiger partial charge in [-0.05, 0) is 50.3 Å². The van der Waals surface area contributed by atoms with Gasteiger partial charge in [-0.3, -0.25) is 4.79 Å². The van der Waals surface area contributed by atoms with Gasteiger partial charge in [0.1, 0.15) is 5.82 Å². The Kier molecular flexibility index (Phi) is 5.02. The van der Waals surface area contributed by atoms with Crippen LogP contribution in [0.5, 0.6) is 0 Å². The topological polar surface area (TPSA) is 61.4 Å². The van der Waals surface area contributed by atoms with E-state index in [0.29, 0.717) is 19.1 Å². The minimum atomic E-state index is -0.316. The molecule has 0 aromatic heterocycles. The Morgan fingerprint density at radius 3 is 2.79 bits per heavy atom. The highest BCUT2D eigenvalue weighted by atomic mass is 19.1. The molecule has 130 valence electrons. The number of nitrogens with one attached hydrogen (secondary N) is 2. The summed E-state index contributed by atoms with van der Waals surface area (Å²) in [5, 5.41) is 5.91. The number of carbonyl (C=O) groups excluding carboxylic acids is 2. The van der Waals surface area contributed by atoms with Crippen molar-refractivity contribution in [1.82, 2.24) is 15.5 Å². The molecule has 2 N–H and O–H groups in total. The van der Waals surface area contributed by atoms with Crippen LogP contribution in [0.4, 0.5) is 9.18 Å². The maximum absolute atomic E-state index is 13.3. The smallest absolute Gasteiger partial charge is 0.317 e. The fourth-order valence-corrected chi connectivity index (χ4v) is 3.06. The number of nitrogens with zero attached hydrogens (tertiary/aromatic N) is 1. The summed E-state index contributed by atoms with van der Waals surface area (Å²) < 4.78 is 13.3. The molecule has 3 amide bonds. The van der Waals surface area contributed by atoms with E-state index in [0.717, 1.165) is 31.2 Å². The molecule has 0 radical (unpaired) electrons. The molecule has 0 unspecified atom stereocenters. The zero-order valence-electron chi connectivity index (χ0n) is 13.9. The molecule has 5 nitrogen and oxygen atoms in total. The second-order valence-electron chi connectivity index (χ2n) is 6.79. The van der Waals surface area contributed by atoms with Gasteiger partial charge in [-0.15, -0.1) is 0 Å². The first-order valence-corrected chi connectivity index (χ1v) is 8.64. The minimum Gasteiger partial charge on any atom is -0.353 e. The van der Waals surface area contributed by atoms with Crippen molar-refractivity contribution in [3.63, 3.8) is 0 Å². The summed E-state index contributed by atoms with van der Waals surface area (Å²) in [5.74, 6) is -0.383. The summed E-state index contributed by atoms with van der Waals surface area (Å²) in [6.07, 6.45) is 3.77. The van der Waals surface area contributed by atoms with Crippen LogP contribution in [0.25, 0.3) is 0 Å². The van der Waals surface area contributed by atoms with E-state index >= 15 is 0 Å². The van der Waals surface area contributed by atoms with Gasteiger partial charge in [0.15, 0.2) is 0 Å². The largest absolute Gasteiger partial charge is 0.353 e. The number of hydrogen-bond acceptors (Lipinski definition) is 2. The Hall–Kier alpha value is -2.11. The number of benzene rings is 1. The number of piperidine rings is 1. The Morgan fingerprint density at radius 2 is 2.08 bits per heavy atom. The third-order valence-corrected chi connectivity index (χ3v) is 4.69. The van der Waals surface area contributed by atoms with Crippen molar-refractivity contribution in [2.45, 2.75) is 44.7 Å². The van der Waals surface area contributed by atoms with E-state index in [9.17, 15) is 14.0 Å². The first kappa shape index (κ1) is 16.7. The van der Waals surface area contributed by atoms with Crippen LogP contribution in [0, 0.1) is 11.7 Å². The highest BCUT2D eigenvalue weighted by Gasteiger charge is 2.32. The number of hydrogen-bond donors (Lipinski definition) is 2. The average molecular weight is 333 g/mol. The van der Waals surface area contributed by atoms with Crippen molar-refractivity contribution >= 4 is 11.9 Å². The van der Waals surface area contributed by atoms with Crippen LogP contribution in [-0.4, -0.2) is 36.0 Å². The first-order chi connectivity index (χ1) is 11.5. The molecule has 0 spiro atoms. The van der Waals surface area contributed by atoms with E-state index in [-0.39, 0.29) is 29.7 Å². The van der Waals surface area contributed by atoms with E-state index in [1.165, 1.54) is 12.1 Å². The van der Waals surface area contributed by atoms with Crippen LogP contribution < -0.4 is 10.6 Å². The molecule has 1 saturated heterocycles. The lowest BCUT2D eigenvalue weighted by atomic mass is 9.97. The van der Waals surface area contributed by atoms with E-state index in [2.05, 4.69) is 10.6 Å². The zero-order valence-corrected chi connectivity index (χ0v) is 13.9. The molecule has 1 heterocycles. The van der Waals surface area contributed by atoms with Gasteiger partial charge in [0.2, 0.25) is 5.91 Å². The number of halogens is 1. The van der Waals surface area contributed by atoms with E-state index in [1.54, 1.807) is 17.0 Å². The maximum Gasteiger partial charge on any atom is 0.317 e. The van der Waals surface area contributed by atoms with Gasteiger partial charge >= 0.3 is 6.03 Å². The van der Waals surface area contributed by atoms with Crippen LogP contribution >= 0.6 is 0 Å². The summed E-state index contributed by atoms with van der Waals surface area (Å²) in [5.41, 5.74) is 0.725. The predicted molar refractivity (Wildman–Crippen MR) is 88.8 cm³/mol. The molecule has 1 aliphatic carbocycles. The van der Waals surface area contributed by atoms with E-state index in [1.807, 2.05) is 6.92 Å². The molecule has 2 atom stereocenters. The highest BCUT2D eigenvalue weighted by Crippen LogP contribution is 2.22. The number of urea groups is 1. The molecule has 1 aliphatic heterocycles. The molecule has 24 heavy (non-hydrogen) atoms. The van der Waals surface area contributed by atoms with Crippen molar-refractivity contribution in [3.8, 4) is 0 Å². The summed E-state index contributed by atoms with van der Waals surface area (Å²) >= 11 is 0. The monoisotopic (exact) mass is 333 g/mol. The van der Waals surface area contributed by atoms with Crippen molar-refractivity contribution in [3.05, 3.63) is 35.6 Å². The zero-order chi connectivity index (χ0) is 17.1. The molecule has 1 saturated carbocycles. The molecular formula is C18H24FN3O2. The van der Waals surface area contributed by atoms with Crippen LogP contribution in [0.15, 0.2) is 24.3 Å². The first-order valence-electron chi connectivity index (χ1n) is 8.64. The molecule has 3 rings (SSSR count). The maximum atomic E-state index is 13.3. The third-order valence-electron chi connectivity index (χ3n) is 4.69. The van der Waals surface area contributed by atoms with E-state index < -0.39 is 0 Å². The van der Waals surface area contributed by atoms with Crippen molar-refractivity contribution in [2.75, 3.05) is 13.1 Å². The van der Waals surface area contributed by atoms with Crippen LogP contribution in [-0.2, 0) is 4.79 Å². The normalized spacial score (nSPS) is 21.9. The minimum absolute atomic E-state index is 0.0631. The van der Waals surface area contributed by atoms with Gasteiger partial charge < -0.3 is 15.5 Å². The summed E-state index contributed by atoms with van der Waals surface area (Å²) in [6, 6.07) is 6.08. The van der Waals surface area contributed by atoms with Crippen molar-refractivity contribution in [1.29, 1.82) is 0 Å². The van der Waals surface area contributed by atoms with Gasteiger partial charge in [0, 0.05) is 19.1 Å². The van der Waals surface area contributed by atoms with Gasteiger partial charge in [-0.2, -0.15) is 0 Å². The molecular weight excluding hydrogens is 309 g/mol. The number of likely N-dealkylation sites (tertiary alicyclic amines) is 1. The standard InChI is InChI=1S/C18H24FN3O2/c1-12(13-4-2-6-15(19)10-13)20-18(24)22-9-3-5-14(11-22)17(23)21-16-7-8-16/h2,4,6,10,12,14,16H,3,5,7-9,11H2,1H3,(H,20,24)(H,21,23)/t12-,14+/m0/s1. The SMILES string of the molecule is C[C@H](NC(=O)N1CCC[C@@H](C(=O)NC2CC2)C1)c1cccc(F)c1. The van der Waals surface area contributed by atoms with Crippen LogP contribution in [0.3, 0.4) is 0 Å². The number of carbonyl (C=O) groups is 2. The summed E-state index contributed by atoms with van der Waals surface area (Å²) in [7, 11) is 0. The molecule has 2 fully saturated rings. The van der Waals surface area contributed by atoms with E-state index in [4.69, 9.17) is 0 Å². The summed E-state index contributed by atoms with van der Waals surface area (Å²) in [4.78, 5) is 26.3. The lowest BCUT2D eigenvalue weighted by Gasteiger charge is -2.33. The van der Waals surface area contributed by atoms with Crippen LogP contribution in [0.1, 0.15) is 44.2 Å². The number of amides is 3. The van der Waals surface area contributed by atoms with Gasteiger partial charge in [-0.1, -0.05) is 12.1 Å². The lowest BCUT2D eigenvalue weighted by molar-refractivity contribution is -0.126. The Balaban J connectivity index is 1.54. The van der Waals surface area contributed by atoms with Gasteiger partial charge in [-0.25, -0.2) is 9.18 Å². The Bertz CT molecular complexity index is 618. The second kappa shape index (κ2) is 7.20. The van der Waals surface area contributed by atoms with Crippen molar-refractivity contribution in [2.24, 2.45) is 5.92 Å². The Labute approximate surface area is 141 Å². The average Bonchev–Trinajstić information content (AvgIpc) is 3.39. The summed E-state index contributed by atoms with van der Waals surface area (Å²) in [6.45, 7) is 2.92.